The molecule has 6 nitrogen and oxygen atoms in total. The maximum Gasteiger partial charge on any atom is 0.192 e. The summed E-state index contributed by atoms with van der Waals surface area (Å²) in [6, 6.07) is 8.37. The first-order valence-corrected chi connectivity index (χ1v) is 8.77. The summed E-state index contributed by atoms with van der Waals surface area (Å²) < 4.78 is 7.91. The highest BCUT2D eigenvalue weighted by Crippen LogP contribution is 2.39. The number of hydrogen-bond acceptors (Lipinski definition) is 3. The van der Waals surface area contributed by atoms with Crippen LogP contribution in [0, 0.1) is 0 Å². The molecule has 2 heterocycles. The molecular formula is C19H28IN5O. The zero-order chi connectivity index (χ0) is 17.9. The molecule has 2 aromatic rings. The summed E-state index contributed by atoms with van der Waals surface area (Å²) in [6.07, 6.45) is 4.71. The zero-order valence-electron chi connectivity index (χ0n) is 15.8. The fourth-order valence-corrected chi connectivity index (χ4v) is 3.14. The molecule has 1 aromatic heterocycles. The number of ether oxygens (including phenoxy) is 1. The Bertz CT molecular complexity index is 756. The molecule has 26 heavy (non-hydrogen) atoms. The van der Waals surface area contributed by atoms with E-state index in [0.717, 1.165) is 30.2 Å². The number of nitrogens with zero attached hydrogens (tertiary/aromatic N) is 3. The van der Waals surface area contributed by atoms with E-state index in [2.05, 4.69) is 48.6 Å². The van der Waals surface area contributed by atoms with Gasteiger partial charge in [-0.15, -0.1) is 24.0 Å². The van der Waals surface area contributed by atoms with E-state index < -0.39 is 0 Å². The number of nitrogens with one attached hydrogen (secondary N) is 2. The Morgan fingerprint density at radius 1 is 1.38 bits per heavy atom. The third kappa shape index (κ3) is 5.12. The zero-order valence-corrected chi connectivity index (χ0v) is 18.2. The quantitative estimate of drug-likeness (QED) is 0.410. The van der Waals surface area contributed by atoms with E-state index in [1.165, 1.54) is 5.56 Å². The Morgan fingerprint density at radius 2 is 2.15 bits per heavy atom. The SMILES string of the molecule is CCNC(=NCc1cnn(C)c1)NC1CC(C)(C)Oc2ccccc21.I. The van der Waals surface area contributed by atoms with E-state index in [4.69, 9.17) is 9.73 Å². The van der Waals surface area contributed by atoms with Crippen molar-refractivity contribution in [2.24, 2.45) is 12.0 Å². The maximum absolute atomic E-state index is 6.11. The van der Waals surface area contributed by atoms with E-state index in [1.807, 2.05) is 31.6 Å². The first kappa shape index (κ1) is 20.5. The van der Waals surface area contributed by atoms with Gasteiger partial charge in [-0.25, -0.2) is 4.99 Å². The Kier molecular flexibility index (Phi) is 6.91. The van der Waals surface area contributed by atoms with Gasteiger partial charge in [-0.3, -0.25) is 4.68 Å². The summed E-state index contributed by atoms with van der Waals surface area (Å²) in [5.41, 5.74) is 2.05. The average Bonchev–Trinajstić information content (AvgIpc) is 2.97. The lowest BCUT2D eigenvalue weighted by atomic mass is 9.90. The van der Waals surface area contributed by atoms with Gasteiger partial charge < -0.3 is 15.4 Å². The summed E-state index contributed by atoms with van der Waals surface area (Å²) in [5.74, 6) is 1.75. The summed E-state index contributed by atoms with van der Waals surface area (Å²) in [5, 5.41) is 11.1. The Balaban J connectivity index is 0.00000243. The number of benzene rings is 1. The fourth-order valence-electron chi connectivity index (χ4n) is 3.14. The van der Waals surface area contributed by atoms with Gasteiger partial charge in [0.2, 0.25) is 0 Å². The molecule has 1 aliphatic heterocycles. The second-order valence-corrected chi connectivity index (χ2v) is 7.02. The molecule has 0 saturated heterocycles. The van der Waals surface area contributed by atoms with Crippen LogP contribution in [0.2, 0.25) is 0 Å². The third-order valence-electron chi connectivity index (χ3n) is 4.21. The van der Waals surface area contributed by atoms with E-state index in [-0.39, 0.29) is 35.6 Å². The highest BCUT2D eigenvalue weighted by molar-refractivity contribution is 14.0. The van der Waals surface area contributed by atoms with Crippen LogP contribution in [0.15, 0.2) is 41.7 Å². The first-order valence-electron chi connectivity index (χ1n) is 8.77. The summed E-state index contributed by atoms with van der Waals surface area (Å²) in [4.78, 5) is 4.71. The number of guanidine groups is 1. The number of aliphatic imine (C=N–C) groups is 1. The minimum atomic E-state index is -0.216. The second-order valence-electron chi connectivity index (χ2n) is 7.02. The standard InChI is InChI=1S/C19H27N5O.HI/c1-5-20-18(21-11-14-12-22-24(4)13-14)23-16-10-19(2,3)25-17-9-7-6-8-15(16)17;/h6-9,12-13,16H,5,10-11H2,1-4H3,(H2,20,21,23);1H. The molecule has 0 spiro atoms. The Hall–Kier alpha value is -1.77. The lowest BCUT2D eigenvalue weighted by molar-refractivity contribution is 0.0694. The van der Waals surface area contributed by atoms with E-state index in [9.17, 15) is 0 Å². The second kappa shape index (κ2) is 8.75. The number of aryl methyl sites for hydroxylation is 1. The van der Waals surface area contributed by atoms with Gasteiger partial charge in [0.05, 0.1) is 18.8 Å². The molecule has 0 aliphatic carbocycles. The predicted molar refractivity (Wildman–Crippen MR) is 115 cm³/mol. The highest BCUT2D eigenvalue weighted by Gasteiger charge is 2.33. The smallest absolute Gasteiger partial charge is 0.192 e. The molecule has 1 unspecified atom stereocenters. The van der Waals surface area contributed by atoms with Crippen molar-refractivity contribution in [1.82, 2.24) is 20.4 Å². The minimum Gasteiger partial charge on any atom is -0.487 e. The fraction of sp³-hybridized carbons (Fsp3) is 0.474. The predicted octanol–water partition coefficient (Wildman–Crippen LogP) is 3.40. The van der Waals surface area contributed by atoms with Crippen LogP contribution >= 0.6 is 24.0 Å². The van der Waals surface area contributed by atoms with Gasteiger partial charge >= 0.3 is 0 Å². The van der Waals surface area contributed by atoms with Crippen LogP contribution in [-0.2, 0) is 13.6 Å². The van der Waals surface area contributed by atoms with Crippen molar-refractivity contribution in [2.45, 2.75) is 45.4 Å². The van der Waals surface area contributed by atoms with Crippen LogP contribution in [0.4, 0.5) is 0 Å². The first-order chi connectivity index (χ1) is 12.0. The Labute approximate surface area is 172 Å². The molecule has 142 valence electrons. The maximum atomic E-state index is 6.11. The van der Waals surface area contributed by atoms with Crippen molar-refractivity contribution >= 4 is 29.9 Å². The van der Waals surface area contributed by atoms with Crippen molar-refractivity contribution in [3.63, 3.8) is 0 Å². The summed E-state index contributed by atoms with van der Waals surface area (Å²) in [7, 11) is 1.91. The van der Waals surface area contributed by atoms with Gasteiger partial charge in [0, 0.05) is 37.3 Å². The molecule has 0 saturated carbocycles. The normalized spacial score (nSPS) is 18.3. The summed E-state index contributed by atoms with van der Waals surface area (Å²) in [6.45, 7) is 7.72. The topological polar surface area (TPSA) is 63.5 Å². The number of rotatable bonds is 4. The molecule has 0 amide bonds. The Morgan fingerprint density at radius 3 is 2.85 bits per heavy atom. The van der Waals surface area contributed by atoms with Gasteiger partial charge in [-0.2, -0.15) is 5.10 Å². The number of para-hydroxylation sites is 1. The van der Waals surface area contributed by atoms with E-state index in [1.54, 1.807) is 4.68 Å². The third-order valence-corrected chi connectivity index (χ3v) is 4.21. The molecule has 2 N–H and O–H groups in total. The van der Waals surface area contributed by atoms with Gasteiger partial charge in [-0.1, -0.05) is 18.2 Å². The molecule has 1 aliphatic rings. The van der Waals surface area contributed by atoms with Gasteiger partial charge in [0.1, 0.15) is 11.4 Å². The molecule has 1 aromatic carbocycles. The molecule has 0 bridgehead atoms. The van der Waals surface area contributed by atoms with E-state index in [0.29, 0.717) is 6.54 Å². The van der Waals surface area contributed by atoms with Crippen molar-refractivity contribution in [3.05, 3.63) is 47.8 Å². The monoisotopic (exact) mass is 469 g/mol. The minimum absolute atomic E-state index is 0. The van der Waals surface area contributed by atoms with Gasteiger partial charge in [0.25, 0.3) is 0 Å². The lowest BCUT2D eigenvalue weighted by Crippen LogP contribution is -2.45. The van der Waals surface area contributed by atoms with Crippen molar-refractivity contribution in [3.8, 4) is 5.75 Å². The summed E-state index contributed by atoms with van der Waals surface area (Å²) >= 11 is 0. The molecule has 1 atom stereocenters. The number of hydrogen-bond donors (Lipinski definition) is 2. The molecule has 0 radical (unpaired) electrons. The van der Waals surface area contributed by atoms with Gasteiger partial charge in [0.15, 0.2) is 5.96 Å². The molecule has 7 heteroatoms. The van der Waals surface area contributed by atoms with Crippen molar-refractivity contribution in [2.75, 3.05) is 6.54 Å². The van der Waals surface area contributed by atoms with Crippen LogP contribution in [0.5, 0.6) is 5.75 Å². The van der Waals surface area contributed by atoms with Crippen LogP contribution in [-0.4, -0.2) is 27.9 Å². The molecular weight excluding hydrogens is 441 g/mol. The largest absolute Gasteiger partial charge is 0.487 e. The van der Waals surface area contributed by atoms with Crippen LogP contribution < -0.4 is 15.4 Å². The highest BCUT2D eigenvalue weighted by atomic mass is 127. The number of halogens is 1. The van der Waals surface area contributed by atoms with E-state index >= 15 is 0 Å². The van der Waals surface area contributed by atoms with Crippen LogP contribution in [0.25, 0.3) is 0 Å². The number of fused-ring (bicyclic) bond motifs is 1. The van der Waals surface area contributed by atoms with Crippen LogP contribution in [0.1, 0.15) is 44.4 Å². The van der Waals surface area contributed by atoms with Gasteiger partial charge in [-0.05, 0) is 26.8 Å². The van der Waals surface area contributed by atoms with Crippen molar-refractivity contribution in [1.29, 1.82) is 0 Å². The molecule has 0 fully saturated rings. The van der Waals surface area contributed by atoms with Crippen molar-refractivity contribution < 1.29 is 4.74 Å². The lowest BCUT2D eigenvalue weighted by Gasteiger charge is -2.38. The van der Waals surface area contributed by atoms with Crippen LogP contribution in [0.3, 0.4) is 0 Å². The number of aromatic nitrogens is 2. The molecule has 3 rings (SSSR count). The average molecular weight is 469 g/mol.